The van der Waals surface area contributed by atoms with Gasteiger partial charge >= 0.3 is 12.1 Å². The minimum atomic E-state index is -4.77. The first-order chi connectivity index (χ1) is 9.81. The molecular weight excluding hydrogens is 303 g/mol. The van der Waals surface area contributed by atoms with Crippen molar-refractivity contribution in [3.05, 3.63) is 29.8 Å². The molecule has 0 aliphatic carbocycles. The minimum absolute atomic E-state index is 0.0517. The predicted molar refractivity (Wildman–Crippen MR) is 74.4 cm³/mol. The van der Waals surface area contributed by atoms with E-state index in [9.17, 15) is 18.0 Å². The smallest absolute Gasteiger partial charge is 0.406 e. The molecule has 21 heavy (non-hydrogen) atoms. The van der Waals surface area contributed by atoms with Crippen LogP contribution in [0.4, 0.5) is 13.2 Å². The van der Waals surface area contributed by atoms with Crippen molar-refractivity contribution in [2.45, 2.75) is 17.5 Å². The van der Waals surface area contributed by atoms with Crippen LogP contribution in [0.5, 0.6) is 0 Å². The summed E-state index contributed by atoms with van der Waals surface area (Å²) in [7, 11) is 0. The number of rotatable bonds is 4. The third kappa shape index (κ3) is 2.89. The van der Waals surface area contributed by atoms with Crippen LogP contribution in [0.2, 0.25) is 0 Å². The van der Waals surface area contributed by atoms with E-state index in [0.29, 0.717) is 0 Å². The number of carboxylic acids is 1. The predicted octanol–water partition coefficient (Wildman–Crippen LogP) is 2.80. The summed E-state index contributed by atoms with van der Waals surface area (Å²) in [6.45, 7) is -0.518. The molecule has 0 unspecified atom stereocenters. The Hall–Kier alpha value is -1.21. The summed E-state index contributed by atoms with van der Waals surface area (Å²) >= 11 is 1.54. The molecule has 1 aromatic carbocycles. The van der Waals surface area contributed by atoms with Crippen LogP contribution >= 0.6 is 11.8 Å². The van der Waals surface area contributed by atoms with Crippen LogP contribution in [-0.4, -0.2) is 36.6 Å². The van der Waals surface area contributed by atoms with Crippen molar-refractivity contribution >= 4 is 17.7 Å². The molecule has 0 saturated carbocycles. The summed E-state index contributed by atoms with van der Waals surface area (Å²) in [6.07, 6.45) is -2.77. The van der Waals surface area contributed by atoms with E-state index < -0.39 is 30.0 Å². The van der Waals surface area contributed by atoms with Gasteiger partial charge in [-0.05, 0) is 36.9 Å². The van der Waals surface area contributed by atoms with E-state index in [1.807, 2.05) is 18.4 Å². The van der Waals surface area contributed by atoms with Gasteiger partial charge in [0.15, 0.2) is 5.41 Å². The average molecular weight is 319 g/mol. The fraction of sp³-hybridized carbons (Fsp3) is 0.500. The summed E-state index contributed by atoms with van der Waals surface area (Å²) < 4.78 is 39.9. The summed E-state index contributed by atoms with van der Waals surface area (Å²) in [5, 5.41) is 11.8. The van der Waals surface area contributed by atoms with Crippen LogP contribution in [0.3, 0.4) is 0 Å². The molecule has 0 amide bonds. The Morgan fingerprint density at radius 2 is 2.05 bits per heavy atom. The molecule has 0 bridgehead atoms. The molecule has 3 nitrogen and oxygen atoms in total. The van der Waals surface area contributed by atoms with Crippen molar-refractivity contribution < 1.29 is 23.1 Å². The van der Waals surface area contributed by atoms with Crippen molar-refractivity contribution in [3.63, 3.8) is 0 Å². The number of aliphatic carboxylic acids is 1. The molecule has 116 valence electrons. The number of thioether (sulfide) groups is 1. The molecule has 1 aliphatic rings. The van der Waals surface area contributed by atoms with E-state index in [1.165, 1.54) is 0 Å². The third-order valence-corrected chi connectivity index (χ3v) is 4.76. The van der Waals surface area contributed by atoms with Gasteiger partial charge in [0.2, 0.25) is 0 Å². The molecule has 1 aromatic rings. The highest BCUT2D eigenvalue weighted by atomic mass is 32.2. The van der Waals surface area contributed by atoms with E-state index in [4.69, 9.17) is 5.11 Å². The van der Waals surface area contributed by atoms with Crippen molar-refractivity contribution in [1.29, 1.82) is 0 Å². The van der Waals surface area contributed by atoms with Crippen LogP contribution in [0.1, 0.15) is 5.56 Å². The molecule has 1 heterocycles. The fourth-order valence-corrected chi connectivity index (χ4v) is 3.17. The van der Waals surface area contributed by atoms with E-state index in [2.05, 4.69) is 5.32 Å². The van der Waals surface area contributed by atoms with Crippen molar-refractivity contribution in [3.8, 4) is 0 Å². The zero-order valence-electron chi connectivity index (χ0n) is 11.4. The number of hydrogen-bond acceptors (Lipinski definition) is 3. The maximum Gasteiger partial charge on any atom is 0.406 e. The van der Waals surface area contributed by atoms with Gasteiger partial charge in [-0.1, -0.05) is 12.1 Å². The number of benzene rings is 1. The van der Waals surface area contributed by atoms with Gasteiger partial charge in [0.05, 0.1) is 0 Å². The number of nitrogens with one attached hydrogen (secondary N) is 1. The Kier molecular flexibility index (Phi) is 4.53. The van der Waals surface area contributed by atoms with Gasteiger partial charge in [0.1, 0.15) is 0 Å². The van der Waals surface area contributed by atoms with Crippen LogP contribution < -0.4 is 5.32 Å². The van der Waals surface area contributed by atoms with Gasteiger partial charge in [0.25, 0.3) is 0 Å². The first-order valence-electron chi connectivity index (χ1n) is 6.45. The standard InChI is InChI=1S/C14H16F3NO2S/c1-21-11-4-2-9(3-5-11)6-10-7-18-8-13(10,12(19)20)14(15,16)17/h2-5,10,18H,6-8H2,1H3,(H,19,20)/t10-,13-/m0/s1. The maximum atomic E-state index is 13.3. The molecule has 1 saturated heterocycles. The van der Waals surface area contributed by atoms with Gasteiger partial charge in [0, 0.05) is 17.4 Å². The van der Waals surface area contributed by atoms with Crippen LogP contribution in [-0.2, 0) is 11.2 Å². The number of hydrogen-bond donors (Lipinski definition) is 2. The molecule has 2 atom stereocenters. The Bertz CT molecular complexity index is 518. The van der Waals surface area contributed by atoms with Gasteiger partial charge < -0.3 is 10.4 Å². The first-order valence-corrected chi connectivity index (χ1v) is 7.67. The second-order valence-electron chi connectivity index (χ2n) is 5.15. The lowest BCUT2D eigenvalue weighted by Crippen LogP contribution is -2.51. The van der Waals surface area contributed by atoms with Crippen LogP contribution in [0, 0.1) is 11.3 Å². The number of halogens is 3. The second kappa shape index (κ2) is 5.88. The van der Waals surface area contributed by atoms with Gasteiger partial charge in [-0.25, -0.2) is 0 Å². The van der Waals surface area contributed by atoms with E-state index in [0.717, 1.165) is 10.5 Å². The largest absolute Gasteiger partial charge is 0.481 e. The monoisotopic (exact) mass is 319 g/mol. The summed E-state index contributed by atoms with van der Waals surface area (Å²) in [6, 6.07) is 7.18. The molecule has 0 aromatic heterocycles. The maximum absolute atomic E-state index is 13.3. The van der Waals surface area contributed by atoms with Crippen LogP contribution in [0.15, 0.2) is 29.2 Å². The third-order valence-electron chi connectivity index (χ3n) is 4.02. The molecule has 0 radical (unpaired) electrons. The molecular formula is C14H16F3NO2S. The van der Waals surface area contributed by atoms with Gasteiger partial charge in [-0.2, -0.15) is 13.2 Å². The molecule has 2 rings (SSSR count). The molecule has 1 aliphatic heterocycles. The lowest BCUT2D eigenvalue weighted by atomic mass is 9.74. The van der Waals surface area contributed by atoms with Gasteiger partial charge in [-0.15, -0.1) is 11.8 Å². The normalized spacial score (nSPS) is 26.0. The quantitative estimate of drug-likeness (QED) is 0.838. The fourth-order valence-electron chi connectivity index (χ4n) is 2.76. The zero-order chi connectivity index (χ0) is 15.7. The Morgan fingerprint density at radius 1 is 1.43 bits per heavy atom. The van der Waals surface area contributed by atoms with Gasteiger partial charge in [-0.3, -0.25) is 4.79 Å². The topological polar surface area (TPSA) is 49.3 Å². The van der Waals surface area contributed by atoms with E-state index >= 15 is 0 Å². The van der Waals surface area contributed by atoms with Crippen molar-refractivity contribution in [2.75, 3.05) is 19.3 Å². The summed E-state index contributed by atoms with van der Waals surface area (Å²) in [5.74, 6) is -2.80. The number of carbonyl (C=O) groups is 1. The summed E-state index contributed by atoms with van der Waals surface area (Å²) in [4.78, 5) is 12.3. The SMILES string of the molecule is CSc1ccc(C[C@H]2CNC[C@]2(C(=O)O)C(F)(F)F)cc1. The Labute approximate surface area is 124 Å². The molecule has 7 heteroatoms. The molecule has 1 fully saturated rings. The molecule has 2 N–H and O–H groups in total. The lowest BCUT2D eigenvalue weighted by Gasteiger charge is -2.32. The van der Waals surface area contributed by atoms with Crippen molar-refractivity contribution in [1.82, 2.24) is 5.32 Å². The number of carboxylic acid groups (broad SMARTS) is 1. The Balaban J connectivity index is 2.26. The molecule has 0 spiro atoms. The van der Waals surface area contributed by atoms with E-state index in [-0.39, 0.29) is 13.0 Å². The highest BCUT2D eigenvalue weighted by Gasteiger charge is 2.66. The highest BCUT2D eigenvalue weighted by molar-refractivity contribution is 7.98. The average Bonchev–Trinajstić information content (AvgIpc) is 2.84. The second-order valence-corrected chi connectivity index (χ2v) is 6.03. The van der Waals surface area contributed by atoms with Crippen molar-refractivity contribution in [2.24, 2.45) is 11.3 Å². The summed E-state index contributed by atoms with van der Waals surface area (Å²) in [5.41, 5.74) is -1.98. The minimum Gasteiger partial charge on any atom is -0.481 e. The van der Waals surface area contributed by atoms with Crippen LogP contribution in [0.25, 0.3) is 0 Å². The van der Waals surface area contributed by atoms with E-state index in [1.54, 1.807) is 23.9 Å². The zero-order valence-corrected chi connectivity index (χ0v) is 12.2. The highest BCUT2D eigenvalue weighted by Crippen LogP contribution is 2.47. The lowest BCUT2D eigenvalue weighted by molar-refractivity contribution is -0.236. The Morgan fingerprint density at radius 3 is 2.52 bits per heavy atom. The number of alkyl halides is 3. The first kappa shape index (κ1) is 16.2.